The first kappa shape index (κ1) is 11.4. The molecule has 3 rings (SSSR count). The molecular formula is C13H15N3O2. The van der Waals surface area contributed by atoms with Gasteiger partial charge in [-0.3, -0.25) is 4.79 Å². The lowest BCUT2D eigenvalue weighted by Gasteiger charge is -2.11. The molecule has 0 amide bonds. The van der Waals surface area contributed by atoms with E-state index in [0.717, 1.165) is 30.4 Å². The molecule has 1 atom stereocenters. The molecule has 2 heterocycles. The van der Waals surface area contributed by atoms with Gasteiger partial charge < -0.3 is 10.5 Å². The Morgan fingerprint density at radius 1 is 1.44 bits per heavy atom. The molecule has 0 saturated carbocycles. The number of H-pyrrole nitrogens is 1. The van der Waals surface area contributed by atoms with Crippen molar-refractivity contribution >= 4 is 10.8 Å². The smallest absolute Gasteiger partial charge is 0.272 e. The van der Waals surface area contributed by atoms with Crippen molar-refractivity contribution < 1.29 is 4.74 Å². The number of nitrogens with one attached hydrogen (secondary N) is 1. The van der Waals surface area contributed by atoms with Crippen molar-refractivity contribution in [3.05, 3.63) is 39.8 Å². The monoisotopic (exact) mass is 245 g/mol. The van der Waals surface area contributed by atoms with E-state index in [-0.39, 0.29) is 11.7 Å². The van der Waals surface area contributed by atoms with E-state index in [1.54, 1.807) is 0 Å². The number of rotatable bonds is 2. The molecule has 1 aliphatic rings. The standard InChI is InChI=1S/C13H15N3O2/c14-7-11-9-4-3-8(12-2-1-5-18-12)6-10(9)13(17)16-15-11/h3-4,6,12H,1-2,5,7,14H2,(H,16,17)/t12-/m1/s1. The Morgan fingerprint density at radius 3 is 3.06 bits per heavy atom. The molecule has 1 aliphatic heterocycles. The van der Waals surface area contributed by atoms with Crippen LogP contribution in [0.1, 0.15) is 30.2 Å². The Bertz CT molecular complexity index is 630. The molecule has 94 valence electrons. The molecule has 0 unspecified atom stereocenters. The number of aromatic nitrogens is 2. The van der Waals surface area contributed by atoms with Crippen LogP contribution in [-0.4, -0.2) is 16.8 Å². The normalized spacial score (nSPS) is 19.5. The lowest BCUT2D eigenvalue weighted by Crippen LogP contribution is -2.13. The van der Waals surface area contributed by atoms with Crippen LogP contribution in [0.15, 0.2) is 23.0 Å². The Labute approximate surface area is 104 Å². The van der Waals surface area contributed by atoms with Crippen LogP contribution in [0.5, 0.6) is 0 Å². The Balaban J connectivity index is 2.16. The van der Waals surface area contributed by atoms with E-state index in [9.17, 15) is 4.79 Å². The zero-order chi connectivity index (χ0) is 12.5. The summed E-state index contributed by atoms with van der Waals surface area (Å²) >= 11 is 0. The highest BCUT2D eigenvalue weighted by Crippen LogP contribution is 2.30. The van der Waals surface area contributed by atoms with Crippen molar-refractivity contribution in [2.24, 2.45) is 5.73 Å². The van der Waals surface area contributed by atoms with E-state index >= 15 is 0 Å². The molecule has 0 bridgehead atoms. The minimum absolute atomic E-state index is 0.114. The van der Waals surface area contributed by atoms with E-state index < -0.39 is 0 Å². The molecule has 5 nitrogen and oxygen atoms in total. The van der Waals surface area contributed by atoms with E-state index in [1.165, 1.54) is 0 Å². The fourth-order valence-electron chi connectivity index (χ4n) is 2.44. The summed E-state index contributed by atoms with van der Waals surface area (Å²) in [5.41, 5.74) is 7.21. The van der Waals surface area contributed by atoms with E-state index in [0.29, 0.717) is 17.6 Å². The maximum atomic E-state index is 11.8. The van der Waals surface area contributed by atoms with Crippen LogP contribution in [-0.2, 0) is 11.3 Å². The zero-order valence-corrected chi connectivity index (χ0v) is 9.98. The van der Waals surface area contributed by atoms with Gasteiger partial charge in [0.2, 0.25) is 0 Å². The molecular weight excluding hydrogens is 230 g/mol. The summed E-state index contributed by atoms with van der Waals surface area (Å²) in [5, 5.41) is 7.90. The number of aromatic amines is 1. The molecule has 1 fully saturated rings. The van der Waals surface area contributed by atoms with Gasteiger partial charge in [0.05, 0.1) is 17.2 Å². The maximum absolute atomic E-state index is 11.8. The Morgan fingerprint density at radius 2 is 2.33 bits per heavy atom. The molecule has 1 aromatic carbocycles. The van der Waals surface area contributed by atoms with Crippen LogP contribution in [0.4, 0.5) is 0 Å². The number of nitrogens with two attached hydrogens (primary N) is 1. The van der Waals surface area contributed by atoms with Crippen LogP contribution in [0, 0.1) is 0 Å². The van der Waals surface area contributed by atoms with Crippen molar-refractivity contribution in [3.63, 3.8) is 0 Å². The lowest BCUT2D eigenvalue weighted by molar-refractivity contribution is 0.112. The molecule has 0 radical (unpaired) electrons. The Kier molecular flexibility index (Phi) is 2.85. The summed E-state index contributed by atoms with van der Waals surface area (Å²) < 4.78 is 5.63. The largest absolute Gasteiger partial charge is 0.374 e. The van der Waals surface area contributed by atoms with E-state index in [1.807, 2.05) is 18.2 Å². The van der Waals surface area contributed by atoms with Crippen molar-refractivity contribution in [3.8, 4) is 0 Å². The fraction of sp³-hybridized carbons (Fsp3) is 0.385. The maximum Gasteiger partial charge on any atom is 0.272 e. The van der Waals surface area contributed by atoms with Gasteiger partial charge >= 0.3 is 0 Å². The number of hydrogen-bond donors (Lipinski definition) is 2. The summed E-state index contributed by atoms with van der Waals surface area (Å²) in [7, 11) is 0. The molecule has 5 heteroatoms. The van der Waals surface area contributed by atoms with Gasteiger partial charge in [-0.25, -0.2) is 5.10 Å². The SMILES string of the molecule is NCc1n[nH]c(=O)c2cc([C@H]3CCCO3)ccc12. The molecule has 1 saturated heterocycles. The third-order valence-corrected chi connectivity index (χ3v) is 3.39. The highest BCUT2D eigenvalue weighted by molar-refractivity contribution is 5.84. The molecule has 18 heavy (non-hydrogen) atoms. The molecule has 0 spiro atoms. The third-order valence-electron chi connectivity index (χ3n) is 3.39. The minimum Gasteiger partial charge on any atom is -0.374 e. The molecule has 3 N–H and O–H groups in total. The van der Waals surface area contributed by atoms with Gasteiger partial charge in [-0.15, -0.1) is 0 Å². The van der Waals surface area contributed by atoms with Gasteiger partial charge in [0.1, 0.15) is 0 Å². The van der Waals surface area contributed by atoms with E-state index in [4.69, 9.17) is 10.5 Å². The highest BCUT2D eigenvalue weighted by Gasteiger charge is 2.18. The summed E-state index contributed by atoms with van der Waals surface area (Å²) in [5.74, 6) is 0. The summed E-state index contributed by atoms with van der Waals surface area (Å²) in [4.78, 5) is 11.8. The number of hydrogen-bond acceptors (Lipinski definition) is 4. The molecule has 2 aromatic rings. The highest BCUT2D eigenvalue weighted by atomic mass is 16.5. The van der Waals surface area contributed by atoms with Crippen molar-refractivity contribution in [1.82, 2.24) is 10.2 Å². The predicted molar refractivity (Wildman–Crippen MR) is 68.2 cm³/mol. The topological polar surface area (TPSA) is 81.0 Å². The van der Waals surface area contributed by atoms with Gasteiger partial charge in [-0.1, -0.05) is 12.1 Å². The van der Waals surface area contributed by atoms with Gasteiger partial charge in [-0.2, -0.15) is 5.10 Å². The summed E-state index contributed by atoms with van der Waals surface area (Å²) in [6.45, 7) is 1.11. The second kappa shape index (κ2) is 4.51. The van der Waals surface area contributed by atoms with Gasteiger partial charge in [0.15, 0.2) is 0 Å². The average Bonchev–Trinajstić information content (AvgIpc) is 2.93. The van der Waals surface area contributed by atoms with Crippen molar-refractivity contribution in [2.75, 3.05) is 6.61 Å². The Hall–Kier alpha value is -1.72. The van der Waals surface area contributed by atoms with Gasteiger partial charge in [0.25, 0.3) is 5.56 Å². The summed E-state index contributed by atoms with van der Waals surface area (Å²) in [6, 6.07) is 5.81. The quantitative estimate of drug-likeness (QED) is 0.834. The second-order valence-electron chi connectivity index (χ2n) is 4.51. The van der Waals surface area contributed by atoms with E-state index in [2.05, 4.69) is 10.2 Å². The number of benzene rings is 1. The lowest BCUT2D eigenvalue weighted by atomic mass is 10.0. The zero-order valence-electron chi connectivity index (χ0n) is 9.98. The van der Waals surface area contributed by atoms with Crippen LogP contribution in [0.2, 0.25) is 0 Å². The summed E-state index contributed by atoms with van der Waals surface area (Å²) in [6.07, 6.45) is 2.20. The van der Waals surface area contributed by atoms with Crippen LogP contribution >= 0.6 is 0 Å². The van der Waals surface area contributed by atoms with Crippen molar-refractivity contribution in [1.29, 1.82) is 0 Å². The molecule has 0 aliphatic carbocycles. The fourth-order valence-corrected chi connectivity index (χ4v) is 2.44. The second-order valence-corrected chi connectivity index (χ2v) is 4.51. The van der Waals surface area contributed by atoms with Crippen molar-refractivity contribution in [2.45, 2.75) is 25.5 Å². The first-order chi connectivity index (χ1) is 8.79. The first-order valence-corrected chi connectivity index (χ1v) is 6.12. The van der Waals surface area contributed by atoms with Crippen LogP contribution < -0.4 is 11.3 Å². The first-order valence-electron chi connectivity index (χ1n) is 6.12. The minimum atomic E-state index is -0.179. The van der Waals surface area contributed by atoms with Gasteiger partial charge in [-0.05, 0) is 24.5 Å². The number of fused-ring (bicyclic) bond motifs is 1. The molecule has 1 aromatic heterocycles. The number of nitrogens with zero attached hydrogens (tertiary/aromatic N) is 1. The average molecular weight is 245 g/mol. The van der Waals surface area contributed by atoms with Crippen LogP contribution in [0.25, 0.3) is 10.8 Å². The third kappa shape index (κ3) is 1.81. The predicted octanol–water partition coefficient (Wildman–Crippen LogP) is 1.23. The van der Waals surface area contributed by atoms with Gasteiger partial charge in [0, 0.05) is 18.5 Å². The number of ether oxygens (including phenoxy) is 1. The van der Waals surface area contributed by atoms with Crippen LogP contribution in [0.3, 0.4) is 0 Å².